The summed E-state index contributed by atoms with van der Waals surface area (Å²) in [6.45, 7) is 3.09. The van der Waals surface area contributed by atoms with E-state index in [4.69, 9.17) is 15.2 Å². The molecule has 2 rings (SSSR count). The van der Waals surface area contributed by atoms with Gasteiger partial charge in [-0.2, -0.15) is 0 Å². The Hall–Kier alpha value is -1.79. The Morgan fingerprint density at radius 2 is 2.21 bits per heavy atom. The lowest BCUT2D eigenvalue weighted by Crippen LogP contribution is -2.48. The number of anilines is 1. The number of hydrogen-bond acceptors (Lipinski definition) is 5. The van der Waals surface area contributed by atoms with Crippen molar-refractivity contribution in [3.8, 4) is 5.75 Å². The van der Waals surface area contributed by atoms with Gasteiger partial charge in [-0.3, -0.25) is 10.2 Å². The average Bonchev–Trinajstić information content (AvgIpc) is 2.40. The van der Waals surface area contributed by atoms with Gasteiger partial charge < -0.3 is 15.2 Å². The average molecular weight is 265 g/mol. The van der Waals surface area contributed by atoms with Crippen LogP contribution in [0.25, 0.3) is 0 Å². The van der Waals surface area contributed by atoms with E-state index in [0.29, 0.717) is 37.7 Å². The number of morpholine rings is 1. The predicted octanol–water partition coefficient (Wildman–Crippen LogP) is 0.401. The van der Waals surface area contributed by atoms with Gasteiger partial charge in [-0.25, -0.2) is 5.01 Å². The van der Waals surface area contributed by atoms with E-state index in [-0.39, 0.29) is 5.91 Å². The van der Waals surface area contributed by atoms with Gasteiger partial charge in [0.05, 0.1) is 26.2 Å². The molecule has 1 aliphatic rings. The van der Waals surface area contributed by atoms with E-state index in [1.165, 1.54) is 0 Å². The van der Waals surface area contributed by atoms with Crippen LogP contribution in [0.3, 0.4) is 0 Å². The first-order valence-corrected chi connectivity index (χ1v) is 6.34. The zero-order valence-electron chi connectivity index (χ0n) is 10.8. The molecule has 1 amide bonds. The molecule has 1 aromatic carbocycles. The minimum Gasteiger partial charge on any atom is -0.493 e. The molecule has 1 heterocycles. The smallest absolute Gasteiger partial charge is 0.237 e. The molecule has 1 saturated heterocycles. The van der Waals surface area contributed by atoms with Gasteiger partial charge in [0.25, 0.3) is 0 Å². The number of benzene rings is 1. The summed E-state index contributed by atoms with van der Waals surface area (Å²) in [7, 11) is 0. The van der Waals surface area contributed by atoms with E-state index < -0.39 is 0 Å². The van der Waals surface area contributed by atoms with Gasteiger partial charge in [0.1, 0.15) is 5.75 Å². The molecule has 1 aromatic rings. The van der Waals surface area contributed by atoms with E-state index in [2.05, 4.69) is 5.43 Å². The second-order valence-corrected chi connectivity index (χ2v) is 4.31. The molecule has 104 valence electrons. The fraction of sp³-hybridized carbons (Fsp3) is 0.462. The van der Waals surface area contributed by atoms with Crippen LogP contribution < -0.4 is 15.9 Å². The fourth-order valence-corrected chi connectivity index (χ4v) is 1.77. The van der Waals surface area contributed by atoms with Crippen molar-refractivity contribution in [2.45, 2.75) is 6.42 Å². The van der Waals surface area contributed by atoms with Crippen LogP contribution in [-0.2, 0) is 9.53 Å². The number of nitrogens with zero attached hydrogens (tertiary/aromatic N) is 1. The van der Waals surface area contributed by atoms with Gasteiger partial charge in [-0.05, 0) is 12.1 Å². The third kappa shape index (κ3) is 4.76. The number of nitrogen functional groups attached to an aromatic ring is 1. The second kappa shape index (κ2) is 6.96. The van der Waals surface area contributed by atoms with Gasteiger partial charge in [0.15, 0.2) is 0 Å². The van der Waals surface area contributed by atoms with Gasteiger partial charge in [-0.15, -0.1) is 0 Å². The minimum absolute atomic E-state index is 0.0502. The lowest BCUT2D eigenvalue weighted by Gasteiger charge is -2.26. The molecule has 0 bridgehead atoms. The van der Waals surface area contributed by atoms with Crippen molar-refractivity contribution in [2.75, 3.05) is 38.6 Å². The molecule has 0 atom stereocenters. The molecule has 6 nitrogen and oxygen atoms in total. The highest BCUT2D eigenvalue weighted by Crippen LogP contribution is 2.14. The third-order valence-corrected chi connectivity index (χ3v) is 2.75. The van der Waals surface area contributed by atoms with Crippen molar-refractivity contribution in [3.05, 3.63) is 24.3 Å². The topological polar surface area (TPSA) is 76.8 Å². The molecule has 1 fully saturated rings. The Labute approximate surface area is 112 Å². The quantitative estimate of drug-likeness (QED) is 0.754. The molecule has 19 heavy (non-hydrogen) atoms. The summed E-state index contributed by atoms with van der Waals surface area (Å²) in [6.07, 6.45) is 0.312. The Balaban J connectivity index is 1.66. The molecule has 6 heteroatoms. The number of carbonyl (C=O) groups excluding carboxylic acids is 1. The number of nitrogens with two attached hydrogens (primary N) is 1. The molecular formula is C13H19N3O3. The molecule has 0 radical (unpaired) electrons. The van der Waals surface area contributed by atoms with Crippen LogP contribution in [0.1, 0.15) is 6.42 Å². The van der Waals surface area contributed by atoms with Gasteiger partial charge in [0, 0.05) is 24.8 Å². The lowest BCUT2D eigenvalue weighted by atomic mass is 10.3. The largest absolute Gasteiger partial charge is 0.493 e. The molecule has 0 saturated carbocycles. The summed E-state index contributed by atoms with van der Waals surface area (Å²) in [4.78, 5) is 11.7. The van der Waals surface area contributed by atoms with Crippen LogP contribution >= 0.6 is 0 Å². The number of carbonyl (C=O) groups is 1. The molecule has 0 spiro atoms. The van der Waals surface area contributed by atoms with Crippen LogP contribution in [0.15, 0.2) is 24.3 Å². The Morgan fingerprint density at radius 3 is 2.95 bits per heavy atom. The molecule has 0 aliphatic carbocycles. The molecular weight excluding hydrogens is 246 g/mol. The summed E-state index contributed by atoms with van der Waals surface area (Å²) in [5.41, 5.74) is 9.11. The number of ether oxygens (including phenoxy) is 2. The van der Waals surface area contributed by atoms with Crippen LogP contribution in [0.4, 0.5) is 5.69 Å². The molecule has 3 N–H and O–H groups in total. The van der Waals surface area contributed by atoms with Gasteiger partial charge in [-0.1, -0.05) is 6.07 Å². The first kappa shape index (κ1) is 13.6. The first-order valence-electron chi connectivity index (χ1n) is 6.34. The maximum absolute atomic E-state index is 11.7. The summed E-state index contributed by atoms with van der Waals surface area (Å²) < 4.78 is 10.7. The van der Waals surface area contributed by atoms with Crippen molar-refractivity contribution in [1.82, 2.24) is 10.4 Å². The van der Waals surface area contributed by atoms with E-state index >= 15 is 0 Å². The normalized spacial score (nSPS) is 16.0. The second-order valence-electron chi connectivity index (χ2n) is 4.31. The summed E-state index contributed by atoms with van der Waals surface area (Å²) in [5, 5.41) is 1.87. The highest BCUT2D eigenvalue weighted by Gasteiger charge is 2.12. The van der Waals surface area contributed by atoms with Crippen molar-refractivity contribution in [3.63, 3.8) is 0 Å². The fourth-order valence-electron chi connectivity index (χ4n) is 1.77. The summed E-state index contributed by atoms with van der Waals surface area (Å²) >= 11 is 0. The van der Waals surface area contributed by atoms with Crippen LogP contribution in [0.2, 0.25) is 0 Å². The van der Waals surface area contributed by atoms with Crippen molar-refractivity contribution >= 4 is 11.6 Å². The Bertz CT molecular complexity index is 419. The van der Waals surface area contributed by atoms with Gasteiger partial charge in [0.2, 0.25) is 5.91 Å². The molecule has 0 unspecified atom stereocenters. The highest BCUT2D eigenvalue weighted by atomic mass is 16.5. The minimum atomic E-state index is -0.0502. The van der Waals surface area contributed by atoms with Crippen LogP contribution in [-0.4, -0.2) is 43.8 Å². The van der Waals surface area contributed by atoms with E-state index in [1.54, 1.807) is 12.1 Å². The predicted molar refractivity (Wildman–Crippen MR) is 71.5 cm³/mol. The summed E-state index contributed by atoms with van der Waals surface area (Å²) in [6, 6.07) is 7.16. The van der Waals surface area contributed by atoms with E-state index in [9.17, 15) is 4.79 Å². The molecule has 0 aromatic heterocycles. The zero-order chi connectivity index (χ0) is 13.5. The van der Waals surface area contributed by atoms with E-state index in [0.717, 1.165) is 13.1 Å². The maximum Gasteiger partial charge on any atom is 0.237 e. The number of nitrogens with one attached hydrogen (secondary N) is 1. The summed E-state index contributed by atoms with van der Waals surface area (Å²) in [5.74, 6) is 0.630. The maximum atomic E-state index is 11.7. The lowest BCUT2D eigenvalue weighted by molar-refractivity contribution is -0.128. The van der Waals surface area contributed by atoms with Crippen LogP contribution in [0.5, 0.6) is 5.75 Å². The van der Waals surface area contributed by atoms with Crippen LogP contribution in [0, 0.1) is 0 Å². The Morgan fingerprint density at radius 1 is 1.42 bits per heavy atom. The number of amides is 1. The SMILES string of the molecule is Nc1cccc(OCCC(=O)NN2CCOCC2)c1. The standard InChI is InChI=1S/C13H19N3O3/c14-11-2-1-3-12(10-11)19-7-4-13(17)15-16-5-8-18-9-6-16/h1-3,10H,4-9,14H2,(H,15,17). The molecule has 1 aliphatic heterocycles. The van der Waals surface area contributed by atoms with Crippen molar-refractivity contribution < 1.29 is 14.3 Å². The van der Waals surface area contributed by atoms with E-state index in [1.807, 2.05) is 17.1 Å². The third-order valence-electron chi connectivity index (χ3n) is 2.75. The van der Waals surface area contributed by atoms with Crippen molar-refractivity contribution in [1.29, 1.82) is 0 Å². The number of rotatable bonds is 5. The number of hydrazine groups is 1. The Kier molecular flexibility index (Phi) is 5.00. The van der Waals surface area contributed by atoms with Crippen molar-refractivity contribution in [2.24, 2.45) is 0 Å². The highest BCUT2D eigenvalue weighted by molar-refractivity contribution is 5.75. The first-order chi connectivity index (χ1) is 9.24. The zero-order valence-corrected chi connectivity index (χ0v) is 10.8. The number of hydrogen-bond donors (Lipinski definition) is 2. The van der Waals surface area contributed by atoms with Gasteiger partial charge >= 0.3 is 0 Å². The monoisotopic (exact) mass is 265 g/mol.